The summed E-state index contributed by atoms with van der Waals surface area (Å²) in [5, 5.41) is 4.63. The first kappa shape index (κ1) is 16.3. The molecule has 0 fully saturated rings. The highest BCUT2D eigenvalue weighted by atomic mass is 32.2. The van der Waals surface area contributed by atoms with Gasteiger partial charge in [-0.15, -0.1) is 23.1 Å². The Balaban J connectivity index is 1.75. The molecule has 1 aromatic carbocycles. The van der Waals surface area contributed by atoms with Crippen LogP contribution in [0.3, 0.4) is 0 Å². The van der Waals surface area contributed by atoms with Crippen molar-refractivity contribution in [2.24, 2.45) is 4.99 Å². The number of aliphatic imine (C=N–C) groups is 1. The van der Waals surface area contributed by atoms with Crippen LogP contribution in [0, 0.1) is 0 Å². The summed E-state index contributed by atoms with van der Waals surface area (Å²) >= 11 is 3.41. The molecule has 0 bridgehead atoms. The van der Waals surface area contributed by atoms with E-state index >= 15 is 0 Å². The van der Waals surface area contributed by atoms with Crippen LogP contribution in [0.4, 0.5) is 5.00 Å². The van der Waals surface area contributed by atoms with Gasteiger partial charge in [-0.25, -0.2) is 0 Å². The zero-order valence-electron chi connectivity index (χ0n) is 13.3. The number of Topliss-reactive ketones (excluding diaryl/α,β-unsaturated/α-hetero) is 1. The van der Waals surface area contributed by atoms with Crippen molar-refractivity contribution in [2.45, 2.75) is 32.1 Å². The molecule has 1 N–H and O–H groups in total. The number of ketones is 1. The number of nitrogens with one attached hydrogen (secondary N) is 1. The van der Waals surface area contributed by atoms with Crippen LogP contribution in [-0.2, 0) is 6.42 Å². The van der Waals surface area contributed by atoms with Gasteiger partial charge in [-0.05, 0) is 12.5 Å². The average Bonchev–Trinajstić information content (AvgIpc) is 3.03. The minimum atomic E-state index is 0.0189. The molecule has 2 heterocycles. The summed E-state index contributed by atoms with van der Waals surface area (Å²) in [6, 6.07) is 11.7. The highest BCUT2D eigenvalue weighted by molar-refractivity contribution is 8.00. The van der Waals surface area contributed by atoms with Crippen molar-refractivity contribution in [1.29, 1.82) is 0 Å². The molecule has 3 nitrogen and oxygen atoms in total. The normalized spacial score (nSPS) is 16.4. The fraction of sp³-hybridized carbons (Fsp3) is 0.333. The molecule has 5 heteroatoms. The average molecular weight is 345 g/mol. The number of thiophene rings is 1. The highest BCUT2D eigenvalue weighted by Crippen LogP contribution is 2.43. The predicted octanol–water partition coefficient (Wildman–Crippen LogP) is 5.16. The van der Waals surface area contributed by atoms with Gasteiger partial charge in [-0.3, -0.25) is 9.79 Å². The lowest BCUT2D eigenvalue weighted by atomic mass is 10.2. The van der Waals surface area contributed by atoms with Gasteiger partial charge in [0, 0.05) is 22.4 Å². The number of amidine groups is 1. The van der Waals surface area contributed by atoms with Crippen molar-refractivity contribution in [1.82, 2.24) is 0 Å². The second-order valence-electron chi connectivity index (χ2n) is 5.36. The van der Waals surface area contributed by atoms with Crippen molar-refractivity contribution in [2.75, 3.05) is 11.1 Å². The van der Waals surface area contributed by atoms with E-state index in [-0.39, 0.29) is 11.2 Å². The summed E-state index contributed by atoms with van der Waals surface area (Å²) in [6.07, 6.45) is 1.91. The molecule has 120 valence electrons. The van der Waals surface area contributed by atoms with Gasteiger partial charge in [0.1, 0.15) is 16.2 Å². The molecule has 0 saturated heterocycles. The van der Waals surface area contributed by atoms with E-state index in [4.69, 9.17) is 4.99 Å². The molecule has 0 amide bonds. The summed E-state index contributed by atoms with van der Waals surface area (Å²) in [6.45, 7) is 4.27. The number of carbonyl (C=O) groups excluding carboxylic acids is 1. The monoisotopic (exact) mass is 344 g/mol. The van der Waals surface area contributed by atoms with Gasteiger partial charge >= 0.3 is 0 Å². The van der Waals surface area contributed by atoms with Crippen LogP contribution in [0.1, 0.15) is 46.4 Å². The Morgan fingerprint density at radius 3 is 2.74 bits per heavy atom. The van der Waals surface area contributed by atoms with Crippen molar-refractivity contribution < 1.29 is 4.79 Å². The van der Waals surface area contributed by atoms with Crippen LogP contribution < -0.4 is 5.32 Å². The minimum absolute atomic E-state index is 0.0189. The van der Waals surface area contributed by atoms with Crippen molar-refractivity contribution >= 4 is 39.7 Å². The number of anilines is 1. The first-order valence-corrected chi connectivity index (χ1v) is 9.74. The lowest BCUT2D eigenvalue weighted by Crippen LogP contribution is -2.17. The standard InChI is InChI=1S/C18H20N2OS2/c1-3-13-10-14-17(19-16(4-2)20-18(14)23-13)22-11-15(21)12-8-6-5-7-9-12/h5-10,17H,3-4,11H2,1-2H3,(H,19,20). The third-order valence-corrected chi connectivity index (χ3v) is 6.07. The van der Waals surface area contributed by atoms with Crippen LogP contribution in [0.25, 0.3) is 0 Å². The van der Waals surface area contributed by atoms with Gasteiger partial charge in [-0.1, -0.05) is 44.2 Å². The molecular formula is C18H20N2OS2. The molecule has 2 aromatic rings. The fourth-order valence-electron chi connectivity index (χ4n) is 2.46. The van der Waals surface area contributed by atoms with E-state index < -0.39 is 0 Å². The number of benzene rings is 1. The number of nitrogens with zero attached hydrogens (tertiary/aromatic N) is 1. The molecular weight excluding hydrogens is 324 g/mol. The molecule has 0 saturated carbocycles. The summed E-state index contributed by atoms with van der Waals surface area (Å²) < 4.78 is 0. The number of hydrogen-bond acceptors (Lipinski definition) is 5. The van der Waals surface area contributed by atoms with Crippen molar-refractivity contribution in [3.63, 3.8) is 0 Å². The highest BCUT2D eigenvalue weighted by Gasteiger charge is 2.24. The predicted molar refractivity (Wildman–Crippen MR) is 101 cm³/mol. The molecule has 1 unspecified atom stereocenters. The molecule has 0 spiro atoms. The SMILES string of the molecule is CCC1=NC(SCC(=O)c2ccccc2)c2cc(CC)sc2N1. The second-order valence-corrected chi connectivity index (χ2v) is 7.56. The Hall–Kier alpha value is -1.59. The van der Waals surface area contributed by atoms with Gasteiger partial charge < -0.3 is 5.32 Å². The van der Waals surface area contributed by atoms with Gasteiger partial charge in [0.05, 0.1) is 5.75 Å². The van der Waals surface area contributed by atoms with Crippen LogP contribution in [-0.4, -0.2) is 17.4 Å². The summed E-state index contributed by atoms with van der Waals surface area (Å²) in [7, 11) is 0. The molecule has 3 rings (SSSR count). The van der Waals surface area contributed by atoms with Crippen molar-refractivity contribution in [3.8, 4) is 0 Å². The second kappa shape index (κ2) is 7.32. The van der Waals surface area contributed by atoms with Crippen LogP contribution >= 0.6 is 23.1 Å². The van der Waals surface area contributed by atoms with Crippen molar-refractivity contribution in [3.05, 3.63) is 52.4 Å². The maximum absolute atomic E-state index is 12.3. The Kier molecular flexibility index (Phi) is 5.18. The number of hydrogen-bond donors (Lipinski definition) is 1. The lowest BCUT2D eigenvalue weighted by molar-refractivity contribution is 0.102. The number of thioether (sulfide) groups is 1. The Morgan fingerprint density at radius 2 is 2.04 bits per heavy atom. The molecule has 1 atom stereocenters. The number of rotatable bonds is 6. The molecule has 1 aromatic heterocycles. The van der Waals surface area contributed by atoms with Crippen LogP contribution in [0.5, 0.6) is 0 Å². The van der Waals surface area contributed by atoms with Crippen LogP contribution in [0.15, 0.2) is 41.4 Å². The smallest absolute Gasteiger partial charge is 0.172 e. The first-order chi connectivity index (χ1) is 11.2. The van der Waals surface area contributed by atoms with E-state index in [0.717, 1.165) is 24.2 Å². The van der Waals surface area contributed by atoms with E-state index in [2.05, 4.69) is 25.2 Å². The molecule has 23 heavy (non-hydrogen) atoms. The van der Waals surface area contributed by atoms with E-state index in [1.807, 2.05) is 30.3 Å². The van der Waals surface area contributed by atoms with E-state index in [1.54, 1.807) is 23.1 Å². The van der Waals surface area contributed by atoms with Gasteiger partial charge in [-0.2, -0.15) is 0 Å². The van der Waals surface area contributed by atoms with Gasteiger partial charge in [0.15, 0.2) is 5.78 Å². The molecule has 0 aliphatic carbocycles. The largest absolute Gasteiger partial charge is 0.335 e. The van der Waals surface area contributed by atoms with Gasteiger partial charge in [0.2, 0.25) is 0 Å². The lowest BCUT2D eigenvalue weighted by Gasteiger charge is -2.21. The van der Waals surface area contributed by atoms with E-state index in [0.29, 0.717) is 5.75 Å². The molecule has 1 aliphatic rings. The maximum atomic E-state index is 12.3. The van der Waals surface area contributed by atoms with Crippen LogP contribution in [0.2, 0.25) is 0 Å². The molecule has 1 aliphatic heterocycles. The van der Waals surface area contributed by atoms with E-state index in [1.165, 1.54) is 15.4 Å². The summed E-state index contributed by atoms with van der Waals surface area (Å²) in [5.74, 6) is 1.62. The van der Waals surface area contributed by atoms with E-state index in [9.17, 15) is 4.79 Å². The first-order valence-electron chi connectivity index (χ1n) is 7.87. The third kappa shape index (κ3) is 3.67. The summed E-state index contributed by atoms with van der Waals surface area (Å²) in [4.78, 5) is 18.5. The topological polar surface area (TPSA) is 41.5 Å². The molecule has 0 radical (unpaired) electrons. The maximum Gasteiger partial charge on any atom is 0.172 e. The number of aryl methyl sites for hydroxylation is 1. The number of carbonyl (C=O) groups is 1. The Labute approximate surface area is 145 Å². The zero-order valence-corrected chi connectivity index (χ0v) is 15.0. The summed E-state index contributed by atoms with van der Waals surface area (Å²) in [5.41, 5.74) is 1.99. The number of fused-ring (bicyclic) bond motifs is 1. The third-order valence-electron chi connectivity index (χ3n) is 3.76. The fourth-order valence-corrected chi connectivity index (χ4v) is 4.62. The Morgan fingerprint density at radius 1 is 1.26 bits per heavy atom. The zero-order chi connectivity index (χ0) is 16.2. The van der Waals surface area contributed by atoms with Gasteiger partial charge in [0.25, 0.3) is 0 Å². The quantitative estimate of drug-likeness (QED) is 0.736. The Bertz CT molecular complexity index is 722. The minimum Gasteiger partial charge on any atom is -0.335 e.